The molecule has 2 nitrogen and oxygen atoms in total. The Morgan fingerprint density at radius 1 is 1.45 bits per heavy atom. The minimum Gasteiger partial charge on any atom is -0.380 e. The summed E-state index contributed by atoms with van der Waals surface area (Å²) in [4.78, 5) is 0. The average Bonchev–Trinajstić information content (AvgIpc) is 1.50. The molecule has 0 aromatic heterocycles. The zero-order valence-corrected chi connectivity index (χ0v) is 6.64. The van der Waals surface area contributed by atoms with E-state index >= 15 is 0 Å². The third kappa shape index (κ3) is 2.10. The Hall–Kier alpha value is -0.220. The van der Waals surface area contributed by atoms with Crippen LogP contribution in [0.15, 0.2) is 0 Å². The van der Waals surface area contributed by atoms with Gasteiger partial charge in [-0.25, -0.2) is 0 Å². The van der Waals surface area contributed by atoms with Crippen LogP contribution in [0.4, 0.5) is 8.78 Å². The van der Waals surface area contributed by atoms with Crippen molar-refractivity contribution in [2.45, 2.75) is 26.1 Å². The van der Waals surface area contributed by atoms with Crippen molar-refractivity contribution in [1.29, 1.82) is 0 Å². The van der Waals surface area contributed by atoms with E-state index in [-0.39, 0.29) is 13.2 Å². The normalized spacial score (nSPS) is 20.5. The van der Waals surface area contributed by atoms with E-state index in [0.29, 0.717) is 0 Å². The van der Waals surface area contributed by atoms with Crippen molar-refractivity contribution in [2.24, 2.45) is 5.92 Å². The highest BCUT2D eigenvalue weighted by atomic mass is 19.3. The summed E-state index contributed by atoms with van der Waals surface area (Å²) in [5, 5.41) is 0. The van der Waals surface area contributed by atoms with Gasteiger partial charge in [0.25, 0.3) is 0 Å². The maximum absolute atomic E-state index is 12.8. The van der Waals surface area contributed by atoms with Crippen molar-refractivity contribution < 1.29 is 18.3 Å². The van der Waals surface area contributed by atoms with Gasteiger partial charge in [-0.3, -0.25) is 0 Å². The van der Waals surface area contributed by atoms with Crippen LogP contribution in [0.25, 0.3) is 0 Å². The molecule has 0 aromatic carbocycles. The van der Waals surface area contributed by atoms with Gasteiger partial charge in [-0.05, 0) is 13.8 Å². The molecule has 0 aliphatic carbocycles. The van der Waals surface area contributed by atoms with Gasteiger partial charge in [0, 0.05) is 0 Å². The van der Waals surface area contributed by atoms with Crippen molar-refractivity contribution in [1.82, 2.24) is 0 Å². The van der Waals surface area contributed by atoms with Crippen molar-refractivity contribution in [3.8, 4) is 0 Å². The van der Waals surface area contributed by atoms with Crippen molar-refractivity contribution >= 4 is 0 Å². The van der Waals surface area contributed by atoms with Crippen LogP contribution in [-0.4, -0.2) is 25.4 Å². The van der Waals surface area contributed by atoms with E-state index in [0.717, 1.165) is 0 Å². The summed E-state index contributed by atoms with van der Waals surface area (Å²) in [7, 11) is 0. The highest BCUT2D eigenvalue weighted by Gasteiger charge is 2.46. The second-order valence-corrected chi connectivity index (χ2v) is 2.96. The van der Waals surface area contributed by atoms with Gasteiger partial charge in [0.05, 0.1) is 25.2 Å². The molecule has 1 rings (SSSR count). The lowest BCUT2D eigenvalue weighted by Crippen LogP contribution is -2.45. The molecular weight excluding hydrogens is 154 g/mol. The second-order valence-electron chi connectivity index (χ2n) is 2.96. The fourth-order valence-corrected chi connectivity index (χ4v) is 0.840. The molecule has 0 amide bonds. The molecule has 1 fully saturated rings. The van der Waals surface area contributed by atoms with Gasteiger partial charge in [0.2, 0.25) is 0 Å². The molecule has 0 saturated carbocycles. The Bertz CT molecular complexity index is 132. The molecule has 66 valence electrons. The first-order valence-electron chi connectivity index (χ1n) is 3.66. The van der Waals surface area contributed by atoms with E-state index in [1.807, 2.05) is 0 Å². The molecule has 0 atom stereocenters. The molecule has 0 unspecified atom stereocenters. The average molecular weight is 166 g/mol. The second kappa shape index (κ2) is 3.03. The summed E-state index contributed by atoms with van der Waals surface area (Å²) in [6.45, 7) is 3.40. The molecule has 0 bridgehead atoms. The third-order valence-corrected chi connectivity index (χ3v) is 1.51. The maximum atomic E-state index is 12.8. The molecular formula is C7H12F2O2. The number of alkyl halides is 2. The highest BCUT2D eigenvalue weighted by Crippen LogP contribution is 2.32. The van der Waals surface area contributed by atoms with Gasteiger partial charge in [-0.15, -0.1) is 0 Å². The van der Waals surface area contributed by atoms with E-state index < -0.39 is 18.1 Å². The Kier molecular flexibility index (Phi) is 2.44. The van der Waals surface area contributed by atoms with E-state index in [2.05, 4.69) is 9.47 Å². The summed E-state index contributed by atoms with van der Waals surface area (Å²) in [5.41, 5.74) is 0. The zero-order chi connectivity index (χ0) is 8.48. The van der Waals surface area contributed by atoms with Crippen LogP contribution < -0.4 is 0 Å². The first kappa shape index (κ1) is 8.87. The minimum atomic E-state index is -3.01. The van der Waals surface area contributed by atoms with Crippen molar-refractivity contribution in [3.63, 3.8) is 0 Å². The van der Waals surface area contributed by atoms with Crippen molar-refractivity contribution in [2.75, 3.05) is 13.2 Å². The predicted molar refractivity (Wildman–Crippen MR) is 35.5 cm³/mol. The standard InChI is InChI=1S/C7H12F2O2/c1-5(2)11-7(8,9)6-3-10-4-6/h5-6H,3-4H2,1-2H3. The monoisotopic (exact) mass is 166 g/mol. The predicted octanol–water partition coefficient (Wildman–Crippen LogP) is 1.65. The molecule has 0 radical (unpaired) electrons. The quantitative estimate of drug-likeness (QED) is 0.634. The zero-order valence-electron chi connectivity index (χ0n) is 6.64. The number of hydrogen-bond acceptors (Lipinski definition) is 2. The van der Waals surface area contributed by atoms with Crippen LogP contribution >= 0.6 is 0 Å². The largest absolute Gasteiger partial charge is 0.380 e. The number of hydrogen-bond donors (Lipinski definition) is 0. The molecule has 1 saturated heterocycles. The lowest BCUT2D eigenvalue weighted by atomic mass is 10.1. The fourth-order valence-electron chi connectivity index (χ4n) is 0.840. The van der Waals surface area contributed by atoms with Gasteiger partial charge < -0.3 is 9.47 Å². The van der Waals surface area contributed by atoms with E-state index in [1.54, 1.807) is 13.8 Å². The summed E-state index contributed by atoms with van der Waals surface area (Å²) in [6.07, 6.45) is -3.45. The van der Waals surface area contributed by atoms with Crippen LogP contribution in [0.1, 0.15) is 13.8 Å². The SMILES string of the molecule is CC(C)OC(F)(F)C1COC1. The lowest BCUT2D eigenvalue weighted by Gasteiger charge is -2.33. The van der Waals surface area contributed by atoms with Crippen LogP contribution in [0.2, 0.25) is 0 Å². The summed E-state index contributed by atoms with van der Waals surface area (Å²) in [6, 6.07) is 0. The van der Waals surface area contributed by atoms with E-state index in [4.69, 9.17) is 0 Å². The Morgan fingerprint density at radius 2 is 2.00 bits per heavy atom. The van der Waals surface area contributed by atoms with Crippen LogP contribution in [0.3, 0.4) is 0 Å². The van der Waals surface area contributed by atoms with E-state index in [9.17, 15) is 8.78 Å². The first-order chi connectivity index (χ1) is 5.02. The third-order valence-electron chi connectivity index (χ3n) is 1.51. The number of halogens is 2. The Morgan fingerprint density at radius 3 is 2.27 bits per heavy atom. The summed E-state index contributed by atoms with van der Waals surface area (Å²) < 4.78 is 34.7. The van der Waals surface area contributed by atoms with Gasteiger partial charge in [-0.2, -0.15) is 8.78 Å². The van der Waals surface area contributed by atoms with Gasteiger partial charge in [0.15, 0.2) is 0 Å². The smallest absolute Gasteiger partial charge is 0.363 e. The molecule has 4 heteroatoms. The van der Waals surface area contributed by atoms with Gasteiger partial charge in [-0.1, -0.05) is 0 Å². The van der Waals surface area contributed by atoms with Crippen LogP contribution in [0.5, 0.6) is 0 Å². The molecule has 0 N–H and O–H groups in total. The molecule has 1 aliphatic rings. The van der Waals surface area contributed by atoms with Crippen molar-refractivity contribution in [3.05, 3.63) is 0 Å². The molecule has 11 heavy (non-hydrogen) atoms. The fraction of sp³-hybridized carbons (Fsp3) is 1.00. The lowest BCUT2D eigenvalue weighted by molar-refractivity contribution is -0.323. The number of rotatable bonds is 3. The minimum absolute atomic E-state index is 0.111. The topological polar surface area (TPSA) is 18.5 Å². The first-order valence-corrected chi connectivity index (χ1v) is 3.66. The molecule has 1 aliphatic heterocycles. The Balaban J connectivity index is 2.37. The molecule has 0 spiro atoms. The number of ether oxygens (including phenoxy) is 2. The van der Waals surface area contributed by atoms with Crippen LogP contribution in [-0.2, 0) is 9.47 Å². The van der Waals surface area contributed by atoms with Gasteiger partial charge in [0.1, 0.15) is 0 Å². The van der Waals surface area contributed by atoms with Gasteiger partial charge >= 0.3 is 6.11 Å². The highest BCUT2D eigenvalue weighted by molar-refractivity contribution is 4.74. The van der Waals surface area contributed by atoms with E-state index in [1.165, 1.54) is 0 Å². The summed E-state index contributed by atoms with van der Waals surface area (Å²) in [5.74, 6) is -0.745. The van der Waals surface area contributed by atoms with Crippen LogP contribution in [0, 0.1) is 5.92 Å². The molecule has 0 aromatic rings. The maximum Gasteiger partial charge on any atom is 0.363 e. The summed E-state index contributed by atoms with van der Waals surface area (Å²) >= 11 is 0. The Labute approximate surface area is 64.5 Å². The molecule has 1 heterocycles.